The minimum Gasteiger partial charge on any atom is -0.493 e. The highest BCUT2D eigenvalue weighted by Gasteiger charge is 2.28. The number of carbonyl (C=O) groups is 1. The molecule has 0 radical (unpaired) electrons. The number of benzene rings is 2. The lowest BCUT2D eigenvalue weighted by molar-refractivity contribution is -0.121. The number of hydrogen-bond donors (Lipinski definition) is 0. The molecule has 1 saturated heterocycles. The molecule has 4 nitrogen and oxygen atoms in total. The Morgan fingerprint density at radius 3 is 2.43 bits per heavy atom. The lowest BCUT2D eigenvalue weighted by atomic mass is 10.1. The molecule has 1 amide bonds. The van der Waals surface area contributed by atoms with Gasteiger partial charge in [0.1, 0.15) is 15.8 Å². The fourth-order valence-corrected chi connectivity index (χ4v) is 4.02. The Hall–Kier alpha value is -2.31. The average Bonchev–Trinajstić information content (AvgIpc) is 2.91. The Kier molecular flexibility index (Phi) is 6.75. The van der Waals surface area contributed by atoms with Crippen LogP contribution in [0.5, 0.6) is 11.5 Å². The highest BCUT2D eigenvalue weighted by molar-refractivity contribution is 8.26. The summed E-state index contributed by atoms with van der Waals surface area (Å²) < 4.78 is 12.3. The smallest absolute Gasteiger partial charge is 0.265 e. The second-order valence-electron chi connectivity index (χ2n) is 6.58. The van der Waals surface area contributed by atoms with E-state index < -0.39 is 0 Å². The van der Waals surface area contributed by atoms with Crippen molar-refractivity contribution < 1.29 is 14.3 Å². The molecule has 1 aliphatic rings. The van der Waals surface area contributed by atoms with Crippen LogP contribution in [0.4, 0.5) is 0 Å². The summed E-state index contributed by atoms with van der Waals surface area (Å²) in [5.74, 6) is 1.66. The van der Waals surface area contributed by atoms with E-state index in [0.717, 1.165) is 34.6 Å². The largest absolute Gasteiger partial charge is 0.493 e. The molecule has 0 saturated carbocycles. The van der Waals surface area contributed by atoms with Crippen molar-refractivity contribution in [2.75, 3.05) is 20.3 Å². The van der Waals surface area contributed by atoms with Crippen molar-refractivity contribution in [1.29, 1.82) is 0 Å². The molecule has 1 heterocycles. The third-order valence-corrected chi connectivity index (χ3v) is 5.84. The Balaban J connectivity index is 1.51. The summed E-state index contributed by atoms with van der Waals surface area (Å²) in [4.78, 5) is 14.2. The third-order valence-electron chi connectivity index (χ3n) is 4.35. The SMILES string of the molecule is Cc1cccc(C)c1OCCCOc1cccc(C=C2SC(=S)N(C)C2=O)c1. The summed E-state index contributed by atoms with van der Waals surface area (Å²) in [5.41, 5.74) is 3.20. The fourth-order valence-electron chi connectivity index (χ4n) is 2.84. The Labute approximate surface area is 175 Å². The highest BCUT2D eigenvalue weighted by Crippen LogP contribution is 2.31. The van der Waals surface area contributed by atoms with E-state index >= 15 is 0 Å². The Morgan fingerprint density at radius 1 is 1.07 bits per heavy atom. The first-order valence-electron chi connectivity index (χ1n) is 9.09. The molecule has 0 spiro atoms. The van der Waals surface area contributed by atoms with E-state index in [9.17, 15) is 4.79 Å². The van der Waals surface area contributed by atoms with Crippen LogP contribution in [0.1, 0.15) is 23.1 Å². The van der Waals surface area contributed by atoms with Crippen molar-refractivity contribution in [1.82, 2.24) is 4.90 Å². The molecule has 0 atom stereocenters. The molecule has 0 aromatic heterocycles. The number of para-hydroxylation sites is 1. The number of thioether (sulfide) groups is 1. The molecule has 1 fully saturated rings. The third kappa shape index (κ3) is 4.94. The van der Waals surface area contributed by atoms with Crippen LogP contribution in [0.2, 0.25) is 0 Å². The quantitative estimate of drug-likeness (QED) is 0.364. The van der Waals surface area contributed by atoms with Gasteiger partial charge in [0, 0.05) is 13.5 Å². The molecule has 6 heteroatoms. The van der Waals surface area contributed by atoms with Crippen LogP contribution in [0.3, 0.4) is 0 Å². The molecular weight excluding hydrogens is 390 g/mol. The summed E-state index contributed by atoms with van der Waals surface area (Å²) in [6.07, 6.45) is 2.63. The molecule has 0 aliphatic carbocycles. The van der Waals surface area contributed by atoms with Gasteiger partial charge in [-0.1, -0.05) is 54.3 Å². The molecule has 2 aromatic rings. The number of ether oxygens (including phenoxy) is 2. The standard InChI is InChI=1S/C22H23NO3S2/c1-15-7-4-8-16(2)20(15)26-12-6-11-25-18-10-5-9-17(13-18)14-19-21(24)23(3)22(27)28-19/h4-5,7-10,13-14H,6,11-12H2,1-3H3. The van der Waals surface area contributed by atoms with Crippen LogP contribution in [0.15, 0.2) is 47.4 Å². The minimum absolute atomic E-state index is 0.0648. The maximum Gasteiger partial charge on any atom is 0.265 e. The first-order chi connectivity index (χ1) is 13.5. The van der Waals surface area contributed by atoms with Gasteiger partial charge in [-0.15, -0.1) is 0 Å². The van der Waals surface area contributed by atoms with E-state index in [1.807, 2.05) is 36.4 Å². The predicted molar refractivity (Wildman–Crippen MR) is 119 cm³/mol. The van der Waals surface area contributed by atoms with E-state index in [1.165, 1.54) is 16.7 Å². The average molecular weight is 414 g/mol. The second kappa shape index (κ2) is 9.26. The lowest BCUT2D eigenvalue weighted by Crippen LogP contribution is -2.22. The summed E-state index contributed by atoms with van der Waals surface area (Å²) >= 11 is 6.48. The minimum atomic E-state index is -0.0648. The normalized spacial score (nSPS) is 15.4. The summed E-state index contributed by atoms with van der Waals surface area (Å²) in [5, 5.41) is 0. The summed E-state index contributed by atoms with van der Waals surface area (Å²) in [7, 11) is 1.69. The number of likely N-dealkylation sites (N-methyl/N-ethyl adjacent to an activating group) is 1. The van der Waals surface area contributed by atoms with E-state index in [-0.39, 0.29) is 5.91 Å². The van der Waals surface area contributed by atoms with Crippen molar-refractivity contribution in [2.24, 2.45) is 0 Å². The van der Waals surface area contributed by atoms with Gasteiger partial charge < -0.3 is 9.47 Å². The molecular formula is C22H23NO3S2. The zero-order valence-electron chi connectivity index (χ0n) is 16.2. The molecule has 0 bridgehead atoms. The molecule has 2 aromatic carbocycles. The van der Waals surface area contributed by atoms with Gasteiger partial charge in [-0.05, 0) is 48.7 Å². The predicted octanol–water partition coefficient (Wildman–Crippen LogP) is 4.98. The van der Waals surface area contributed by atoms with E-state index in [1.54, 1.807) is 7.05 Å². The Bertz CT molecular complexity index is 903. The van der Waals surface area contributed by atoms with Gasteiger partial charge in [0.2, 0.25) is 0 Å². The number of nitrogens with zero attached hydrogens (tertiary/aromatic N) is 1. The topological polar surface area (TPSA) is 38.8 Å². The number of hydrogen-bond acceptors (Lipinski definition) is 5. The molecule has 146 valence electrons. The van der Waals surface area contributed by atoms with Crippen LogP contribution in [-0.4, -0.2) is 35.4 Å². The molecule has 1 aliphatic heterocycles. The van der Waals surface area contributed by atoms with Crippen molar-refractivity contribution in [3.63, 3.8) is 0 Å². The monoisotopic (exact) mass is 413 g/mol. The van der Waals surface area contributed by atoms with Gasteiger partial charge >= 0.3 is 0 Å². The van der Waals surface area contributed by atoms with Gasteiger partial charge in [0.05, 0.1) is 18.1 Å². The van der Waals surface area contributed by atoms with Gasteiger partial charge in [0.25, 0.3) is 5.91 Å². The van der Waals surface area contributed by atoms with Gasteiger partial charge in [-0.3, -0.25) is 9.69 Å². The fraction of sp³-hybridized carbons (Fsp3) is 0.273. The van der Waals surface area contributed by atoms with E-state index in [2.05, 4.69) is 26.0 Å². The second-order valence-corrected chi connectivity index (χ2v) is 8.26. The molecule has 28 heavy (non-hydrogen) atoms. The van der Waals surface area contributed by atoms with Gasteiger partial charge in [0.15, 0.2) is 0 Å². The number of aryl methyl sites for hydroxylation is 2. The maximum absolute atomic E-state index is 12.1. The number of carbonyl (C=O) groups excluding carboxylic acids is 1. The number of rotatable bonds is 7. The van der Waals surface area contributed by atoms with Gasteiger partial charge in [-0.25, -0.2) is 0 Å². The Morgan fingerprint density at radius 2 is 1.75 bits per heavy atom. The zero-order valence-corrected chi connectivity index (χ0v) is 17.9. The van der Waals surface area contributed by atoms with Crippen molar-refractivity contribution in [3.05, 3.63) is 64.1 Å². The van der Waals surface area contributed by atoms with Crippen LogP contribution >= 0.6 is 24.0 Å². The van der Waals surface area contributed by atoms with Crippen molar-refractivity contribution >= 4 is 40.3 Å². The van der Waals surface area contributed by atoms with Crippen LogP contribution < -0.4 is 9.47 Å². The first-order valence-corrected chi connectivity index (χ1v) is 10.3. The summed E-state index contributed by atoms with van der Waals surface area (Å²) in [6, 6.07) is 13.8. The highest BCUT2D eigenvalue weighted by atomic mass is 32.2. The molecule has 0 N–H and O–H groups in total. The van der Waals surface area contributed by atoms with Crippen molar-refractivity contribution in [3.8, 4) is 11.5 Å². The van der Waals surface area contributed by atoms with E-state index in [0.29, 0.717) is 22.4 Å². The summed E-state index contributed by atoms with van der Waals surface area (Å²) in [6.45, 7) is 5.27. The van der Waals surface area contributed by atoms with Crippen LogP contribution in [-0.2, 0) is 4.79 Å². The van der Waals surface area contributed by atoms with Gasteiger partial charge in [-0.2, -0.15) is 0 Å². The van der Waals surface area contributed by atoms with Crippen molar-refractivity contribution in [2.45, 2.75) is 20.3 Å². The zero-order chi connectivity index (χ0) is 20.1. The molecule has 3 rings (SSSR count). The molecule has 0 unspecified atom stereocenters. The number of thiocarbonyl (C=S) groups is 1. The maximum atomic E-state index is 12.1. The van der Waals surface area contributed by atoms with E-state index in [4.69, 9.17) is 21.7 Å². The van der Waals surface area contributed by atoms with Crippen LogP contribution in [0, 0.1) is 13.8 Å². The number of amides is 1. The lowest BCUT2D eigenvalue weighted by Gasteiger charge is -2.12. The first kappa shape index (κ1) is 20.4. The van der Waals surface area contributed by atoms with Crippen LogP contribution in [0.25, 0.3) is 6.08 Å².